The molecule has 1 aromatic carbocycles. The van der Waals surface area contributed by atoms with Crippen molar-refractivity contribution in [1.82, 2.24) is 24.4 Å². The zero-order valence-corrected chi connectivity index (χ0v) is 17.7. The van der Waals surface area contributed by atoms with Crippen molar-refractivity contribution < 1.29 is 14.3 Å². The van der Waals surface area contributed by atoms with Crippen LogP contribution >= 0.6 is 0 Å². The Morgan fingerprint density at radius 3 is 2.74 bits per heavy atom. The van der Waals surface area contributed by atoms with E-state index in [0.717, 1.165) is 6.42 Å². The molecule has 3 aromatic rings. The lowest BCUT2D eigenvalue weighted by Gasteiger charge is -2.16. The molecular weight excluding hydrogens is 396 g/mol. The van der Waals surface area contributed by atoms with Gasteiger partial charge >= 0.3 is 0 Å². The molecule has 1 saturated heterocycles. The van der Waals surface area contributed by atoms with E-state index < -0.39 is 0 Å². The Labute approximate surface area is 180 Å². The highest BCUT2D eigenvalue weighted by atomic mass is 16.5. The Morgan fingerprint density at radius 2 is 2.03 bits per heavy atom. The number of rotatable bonds is 5. The van der Waals surface area contributed by atoms with Crippen molar-refractivity contribution in [2.75, 3.05) is 25.5 Å². The molecule has 0 spiro atoms. The van der Waals surface area contributed by atoms with Gasteiger partial charge in [-0.05, 0) is 25.5 Å². The van der Waals surface area contributed by atoms with Gasteiger partial charge in [0.1, 0.15) is 11.6 Å². The molecule has 0 saturated carbocycles. The molecule has 1 aliphatic rings. The second kappa shape index (κ2) is 8.55. The zero-order chi connectivity index (χ0) is 22.0. The highest BCUT2D eigenvalue weighted by Crippen LogP contribution is 2.27. The third kappa shape index (κ3) is 4.11. The Bertz CT molecular complexity index is 1130. The predicted molar refractivity (Wildman–Crippen MR) is 114 cm³/mol. The average molecular weight is 420 g/mol. The van der Waals surface area contributed by atoms with Gasteiger partial charge in [0.25, 0.3) is 11.8 Å². The van der Waals surface area contributed by atoms with E-state index in [1.165, 1.54) is 0 Å². The number of methoxy groups -OCH3 is 1. The van der Waals surface area contributed by atoms with Crippen LogP contribution < -0.4 is 10.1 Å². The molecule has 31 heavy (non-hydrogen) atoms. The summed E-state index contributed by atoms with van der Waals surface area (Å²) in [4.78, 5) is 40.3. The van der Waals surface area contributed by atoms with Crippen LogP contribution in [0.3, 0.4) is 0 Å². The van der Waals surface area contributed by atoms with Gasteiger partial charge in [0.15, 0.2) is 5.82 Å². The van der Waals surface area contributed by atoms with E-state index in [-0.39, 0.29) is 17.7 Å². The normalized spacial score (nSPS) is 15.7. The van der Waals surface area contributed by atoms with Gasteiger partial charge in [0.2, 0.25) is 0 Å². The lowest BCUT2D eigenvalue weighted by molar-refractivity contribution is 0.0774. The molecule has 0 radical (unpaired) electrons. The van der Waals surface area contributed by atoms with Crippen molar-refractivity contribution in [3.8, 4) is 5.75 Å². The van der Waals surface area contributed by atoms with E-state index in [4.69, 9.17) is 4.74 Å². The number of aromatic nitrogens is 4. The van der Waals surface area contributed by atoms with Gasteiger partial charge in [-0.3, -0.25) is 9.59 Å². The highest BCUT2D eigenvalue weighted by Gasteiger charge is 2.31. The number of aryl methyl sites for hydroxylation is 2. The van der Waals surface area contributed by atoms with Crippen LogP contribution in [0.25, 0.3) is 0 Å². The number of imidazole rings is 1. The fourth-order valence-corrected chi connectivity index (χ4v) is 3.71. The molecule has 0 bridgehead atoms. The summed E-state index contributed by atoms with van der Waals surface area (Å²) in [6.45, 7) is 2.93. The topological polar surface area (TPSA) is 102 Å². The van der Waals surface area contributed by atoms with Crippen LogP contribution in [0.1, 0.15) is 44.8 Å². The lowest BCUT2D eigenvalue weighted by Crippen LogP contribution is -2.30. The molecule has 0 aliphatic carbocycles. The fourth-order valence-electron chi connectivity index (χ4n) is 3.71. The molecule has 9 heteroatoms. The monoisotopic (exact) mass is 420 g/mol. The third-order valence-corrected chi connectivity index (χ3v) is 5.45. The molecule has 160 valence electrons. The van der Waals surface area contributed by atoms with Crippen LogP contribution in [-0.4, -0.2) is 56.4 Å². The standard InChI is InChI=1S/C22H24N6O3/c1-14-16(21(29)26-17-6-4-5-7-18(17)31-3)12-24-19(25-14)15-8-10-28(13-15)22(30)20-23-9-11-27(20)2/h4-7,9,11-12,15H,8,10,13H2,1-3H3,(H,26,29)/t15-/m0/s1. The van der Waals surface area contributed by atoms with Crippen LogP contribution in [0, 0.1) is 6.92 Å². The second-order valence-electron chi connectivity index (χ2n) is 7.48. The van der Waals surface area contributed by atoms with Crippen molar-refractivity contribution in [2.24, 2.45) is 7.05 Å². The van der Waals surface area contributed by atoms with E-state index >= 15 is 0 Å². The van der Waals surface area contributed by atoms with E-state index in [1.807, 2.05) is 12.1 Å². The minimum absolute atomic E-state index is 0.0225. The Hall–Kier alpha value is -3.75. The van der Waals surface area contributed by atoms with Crippen molar-refractivity contribution >= 4 is 17.5 Å². The smallest absolute Gasteiger partial charge is 0.289 e. The number of amides is 2. The van der Waals surface area contributed by atoms with Crippen molar-refractivity contribution in [3.05, 3.63) is 65.8 Å². The number of nitrogens with one attached hydrogen (secondary N) is 1. The fraction of sp³-hybridized carbons (Fsp3) is 0.318. The second-order valence-corrected chi connectivity index (χ2v) is 7.48. The third-order valence-electron chi connectivity index (χ3n) is 5.45. The van der Waals surface area contributed by atoms with Crippen molar-refractivity contribution in [1.29, 1.82) is 0 Å². The maximum atomic E-state index is 12.7. The molecule has 2 amide bonds. The number of carbonyl (C=O) groups is 2. The molecule has 1 atom stereocenters. The number of carbonyl (C=O) groups excluding carboxylic acids is 2. The summed E-state index contributed by atoms with van der Waals surface area (Å²) in [6.07, 6.45) is 5.68. The van der Waals surface area contributed by atoms with Gasteiger partial charge in [-0.25, -0.2) is 15.0 Å². The van der Waals surface area contributed by atoms with Gasteiger partial charge in [-0.15, -0.1) is 0 Å². The first-order chi connectivity index (χ1) is 15.0. The quantitative estimate of drug-likeness (QED) is 0.680. The number of nitrogens with zero attached hydrogens (tertiary/aromatic N) is 5. The van der Waals surface area contributed by atoms with Crippen LogP contribution in [0.15, 0.2) is 42.9 Å². The summed E-state index contributed by atoms with van der Waals surface area (Å²) in [5.41, 5.74) is 1.57. The molecule has 4 rings (SSSR count). The Balaban J connectivity index is 1.46. The molecular formula is C22H24N6O3. The van der Waals surface area contributed by atoms with E-state index in [2.05, 4.69) is 20.3 Å². The number of likely N-dealkylation sites (tertiary alicyclic amines) is 1. The maximum absolute atomic E-state index is 12.7. The number of benzene rings is 1. The first-order valence-electron chi connectivity index (χ1n) is 10.0. The molecule has 1 aliphatic heterocycles. The van der Waals surface area contributed by atoms with Crippen LogP contribution in [0.4, 0.5) is 5.69 Å². The largest absolute Gasteiger partial charge is 0.495 e. The zero-order valence-electron chi connectivity index (χ0n) is 17.7. The van der Waals surface area contributed by atoms with Crippen molar-refractivity contribution in [2.45, 2.75) is 19.3 Å². The summed E-state index contributed by atoms with van der Waals surface area (Å²) in [5.74, 6) is 1.26. The van der Waals surface area contributed by atoms with Crippen molar-refractivity contribution in [3.63, 3.8) is 0 Å². The van der Waals surface area contributed by atoms with Gasteiger partial charge in [0, 0.05) is 44.6 Å². The number of ether oxygens (including phenoxy) is 1. The Morgan fingerprint density at radius 1 is 1.23 bits per heavy atom. The van der Waals surface area contributed by atoms with Gasteiger partial charge in [0.05, 0.1) is 24.1 Å². The number of para-hydroxylation sites is 2. The minimum Gasteiger partial charge on any atom is -0.495 e. The predicted octanol–water partition coefficient (Wildman–Crippen LogP) is 2.41. The van der Waals surface area contributed by atoms with Gasteiger partial charge < -0.3 is 19.5 Å². The molecule has 3 heterocycles. The summed E-state index contributed by atoms with van der Waals surface area (Å²) in [7, 11) is 3.35. The minimum atomic E-state index is -0.299. The summed E-state index contributed by atoms with van der Waals surface area (Å²) >= 11 is 0. The van der Waals surface area contributed by atoms with Gasteiger partial charge in [-0.2, -0.15) is 0 Å². The number of anilines is 1. The van der Waals surface area contributed by atoms with E-state index in [1.54, 1.807) is 61.3 Å². The number of hydrogen-bond acceptors (Lipinski definition) is 6. The maximum Gasteiger partial charge on any atom is 0.289 e. The van der Waals surface area contributed by atoms with E-state index in [9.17, 15) is 9.59 Å². The average Bonchev–Trinajstić information content (AvgIpc) is 3.43. The first-order valence-corrected chi connectivity index (χ1v) is 10.0. The molecule has 0 unspecified atom stereocenters. The van der Waals surface area contributed by atoms with Crippen LogP contribution in [-0.2, 0) is 7.05 Å². The summed E-state index contributed by atoms with van der Waals surface area (Å²) in [6, 6.07) is 7.21. The molecule has 1 N–H and O–H groups in total. The molecule has 1 fully saturated rings. The first kappa shape index (κ1) is 20.5. The lowest BCUT2D eigenvalue weighted by atomic mass is 10.1. The SMILES string of the molecule is COc1ccccc1NC(=O)c1cnc([C@H]2CCN(C(=O)c3nccn3C)C2)nc1C. The molecule has 9 nitrogen and oxygen atoms in total. The summed E-state index contributed by atoms with van der Waals surface area (Å²) in [5, 5.41) is 2.84. The molecule has 2 aromatic heterocycles. The van der Waals surface area contributed by atoms with Crippen LogP contribution in [0.5, 0.6) is 5.75 Å². The number of hydrogen-bond donors (Lipinski definition) is 1. The van der Waals surface area contributed by atoms with Gasteiger partial charge in [-0.1, -0.05) is 12.1 Å². The van der Waals surface area contributed by atoms with Crippen LogP contribution in [0.2, 0.25) is 0 Å². The van der Waals surface area contributed by atoms with E-state index in [0.29, 0.717) is 47.4 Å². The Kier molecular flexibility index (Phi) is 5.66. The highest BCUT2D eigenvalue weighted by molar-refractivity contribution is 6.05. The summed E-state index contributed by atoms with van der Waals surface area (Å²) < 4.78 is 6.99.